The van der Waals surface area contributed by atoms with Crippen LogP contribution in [0.1, 0.15) is 47.7 Å². The molecule has 1 aromatic heterocycles. The zero-order valence-electron chi connectivity index (χ0n) is 27.2. The number of hydrogen-bond donors (Lipinski definition) is 4. The number of nitrogens with two attached hydrogens (primary N) is 1. The molecule has 2 aliphatic rings. The highest BCUT2D eigenvalue weighted by Gasteiger charge is 2.33. The summed E-state index contributed by atoms with van der Waals surface area (Å²) < 4.78 is 0. The number of hydrogen-bond acceptors (Lipinski definition) is 8. The molecule has 5 rings (SSSR count). The number of anilines is 2. The van der Waals surface area contributed by atoms with E-state index in [0.29, 0.717) is 67.3 Å². The number of benzene rings is 2. The van der Waals surface area contributed by atoms with E-state index in [1.54, 1.807) is 42.3 Å². The topological polar surface area (TPSA) is 179 Å². The molecule has 2 amide bonds. The summed E-state index contributed by atoms with van der Waals surface area (Å²) in [5.74, 6) is -0.0328. The molecule has 0 unspecified atom stereocenters. The van der Waals surface area contributed by atoms with Crippen LogP contribution in [0, 0.1) is 28.1 Å². The van der Waals surface area contributed by atoms with E-state index in [4.69, 9.17) is 21.8 Å². The van der Waals surface area contributed by atoms with Gasteiger partial charge in [0.1, 0.15) is 6.07 Å². The minimum absolute atomic E-state index is 0.0215. The highest BCUT2D eigenvalue weighted by molar-refractivity contribution is 6.13. The Morgan fingerprint density at radius 3 is 2.60 bits per heavy atom. The van der Waals surface area contributed by atoms with E-state index < -0.39 is 0 Å². The number of nitriles is 1. The van der Waals surface area contributed by atoms with Gasteiger partial charge in [0.25, 0.3) is 0 Å². The van der Waals surface area contributed by atoms with Gasteiger partial charge >= 0.3 is 0 Å². The Labute approximate surface area is 280 Å². The number of carbonyl (C=O) groups is 2. The Morgan fingerprint density at radius 2 is 1.96 bits per heavy atom. The van der Waals surface area contributed by atoms with E-state index in [2.05, 4.69) is 26.3 Å². The number of likely N-dealkylation sites (tertiary alicyclic amines) is 1. The third kappa shape index (κ3) is 7.65. The van der Waals surface area contributed by atoms with Crippen molar-refractivity contribution < 1.29 is 9.59 Å². The quantitative estimate of drug-likeness (QED) is 0.148. The van der Waals surface area contributed by atoms with Crippen LogP contribution in [-0.4, -0.2) is 90.8 Å². The number of aromatic nitrogens is 1. The Hall–Kier alpha value is -5.67. The van der Waals surface area contributed by atoms with Crippen molar-refractivity contribution in [1.82, 2.24) is 20.1 Å². The van der Waals surface area contributed by atoms with E-state index in [1.807, 2.05) is 42.2 Å². The average molecular weight is 645 g/mol. The predicted molar refractivity (Wildman–Crippen MR) is 188 cm³/mol. The Morgan fingerprint density at radius 1 is 1.17 bits per heavy atom. The molecule has 1 fully saturated rings. The van der Waals surface area contributed by atoms with Crippen molar-refractivity contribution in [2.75, 3.05) is 56.9 Å². The number of amidine groups is 1. The molecule has 0 saturated carbocycles. The Kier molecular flexibility index (Phi) is 10.7. The monoisotopic (exact) mass is 644 g/mol. The number of nitrogen functional groups attached to an aromatic ring is 1. The number of amides is 2. The van der Waals surface area contributed by atoms with Crippen molar-refractivity contribution in [3.05, 3.63) is 94.8 Å². The second-order valence-electron chi connectivity index (χ2n) is 11.8. The first kappa shape index (κ1) is 33.7. The van der Waals surface area contributed by atoms with Gasteiger partial charge in [0.15, 0.2) is 5.84 Å². The molecule has 48 heavy (non-hydrogen) atoms. The minimum atomic E-state index is -0.250. The fourth-order valence-electron chi connectivity index (χ4n) is 6.03. The molecule has 3 heterocycles. The van der Waals surface area contributed by atoms with Crippen LogP contribution in [0.3, 0.4) is 0 Å². The molecule has 1 saturated heterocycles. The van der Waals surface area contributed by atoms with Crippen molar-refractivity contribution in [2.45, 2.75) is 19.8 Å². The first-order chi connectivity index (χ1) is 23.2. The van der Waals surface area contributed by atoms with E-state index >= 15 is 0 Å². The van der Waals surface area contributed by atoms with Gasteiger partial charge in [0.05, 0.1) is 35.8 Å². The van der Waals surface area contributed by atoms with Crippen LogP contribution in [0.2, 0.25) is 0 Å². The standard InChI is InChI=1S/C36H40N10O2/c1-3-46(29-9-10-31(38)30(18-29)34(39)32-11-4-24(19-37)20-42-32)36(48)28-12-15-44(21-28)22-33(47)45-16-13-26(14-17-45)25-5-7-27(8-6-25)35(40)43-23-41-2/h4-11,13,18,20,23,28,39H,3,12,14-17,21-22,38H2,1-2H3,(H2,40,41,43)/t28-/m1/s1. The van der Waals surface area contributed by atoms with E-state index in [9.17, 15) is 9.59 Å². The zero-order chi connectivity index (χ0) is 34.2. The normalized spacial score (nSPS) is 16.3. The first-order valence-electron chi connectivity index (χ1n) is 16.0. The molecule has 12 nitrogen and oxygen atoms in total. The lowest BCUT2D eigenvalue weighted by atomic mass is 9.98. The summed E-state index contributed by atoms with van der Waals surface area (Å²) in [6.45, 7) is 4.95. The maximum atomic E-state index is 13.7. The summed E-state index contributed by atoms with van der Waals surface area (Å²) in [5, 5.41) is 28.6. The maximum Gasteiger partial charge on any atom is 0.237 e. The lowest BCUT2D eigenvalue weighted by molar-refractivity contribution is -0.132. The zero-order valence-corrected chi connectivity index (χ0v) is 27.2. The van der Waals surface area contributed by atoms with Gasteiger partial charge in [-0.2, -0.15) is 5.26 Å². The highest BCUT2D eigenvalue weighted by Crippen LogP contribution is 2.28. The van der Waals surface area contributed by atoms with Gasteiger partial charge in [-0.05, 0) is 67.8 Å². The molecule has 0 spiro atoms. The fourth-order valence-corrected chi connectivity index (χ4v) is 6.03. The number of rotatable bonds is 10. The average Bonchev–Trinajstić information content (AvgIpc) is 3.59. The van der Waals surface area contributed by atoms with Gasteiger partial charge in [0.2, 0.25) is 11.8 Å². The minimum Gasteiger partial charge on any atom is -0.398 e. The summed E-state index contributed by atoms with van der Waals surface area (Å²) >= 11 is 0. The van der Waals surface area contributed by atoms with Gasteiger partial charge in [-0.25, -0.2) is 4.99 Å². The van der Waals surface area contributed by atoms with Crippen LogP contribution in [0.4, 0.5) is 11.4 Å². The SMILES string of the molecule is CCN(C(=O)[C@@H]1CCN(CC(=O)N2CC=C(c3ccc(C(=N)/N=C\NC)cc3)CC2)C1)c1ccc(N)c(C(=N)c2ccc(C#N)cn2)c1. The molecular formula is C36H40N10O2. The summed E-state index contributed by atoms with van der Waals surface area (Å²) in [6, 6.07) is 18.2. The highest BCUT2D eigenvalue weighted by atomic mass is 16.2. The van der Waals surface area contributed by atoms with Gasteiger partial charge < -0.3 is 20.9 Å². The van der Waals surface area contributed by atoms with Crippen LogP contribution in [0.25, 0.3) is 5.57 Å². The lowest BCUT2D eigenvalue weighted by Gasteiger charge is -2.29. The molecule has 246 valence electrons. The first-order valence-corrected chi connectivity index (χ1v) is 16.0. The number of aliphatic imine (C=N–C) groups is 1. The second kappa shape index (κ2) is 15.3. The molecule has 0 bridgehead atoms. The van der Waals surface area contributed by atoms with Crippen LogP contribution in [0.15, 0.2) is 71.9 Å². The van der Waals surface area contributed by atoms with E-state index in [0.717, 1.165) is 17.5 Å². The third-order valence-corrected chi connectivity index (χ3v) is 8.74. The number of nitrogens with one attached hydrogen (secondary N) is 3. The van der Waals surface area contributed by atoms with E-state index in [-0.39, 0.29) is 35.8 Å². The maximum absolute atomic E-state index is 13.7. The molecule has 12 heteroatoms. The van der Waals surface area contributed by atoms with Gasteiger partial charge in [-0.1, -0.05) is 30.3 Å². The Balaban J connectivity index is 1.16. The molecule has 5 N–H and O–H groups in total. The van der Waals surface area contributed by atoms with Crippen LogP contribution >= 0.6 is 0 Å². The molecule has 3 aromatic rings. The van der Waals surface area contributed by atoms with Crippen LogP contribution in [0.5, 0.6) is 0 Å². The number of carbonyl (C=O) groups excluding carboxylic acids is 2. The third-order valence-electron chi connectivity index (χ3n) is 8.74. The summed E-state index contributed by atoms with van der Waals surface area (Å²) in [5.41, 5.74) is 11.6. The largest absolute Gasteiger partial charge is 0.398 e. The van der Waals surface area contributed by atoms with Gasteiger partial charge in [-0.3, -0.25) is 30.3 Å². The number of nitrogens with zero attached hydrogens (tertiary/aromatic N) is 6. The molecule has 0 radical (unpaired) electrons. The summed E-state index contributed by atoms with van der Waals surface area (Å²) in [6.07, 6.45) is 6.40. The van der Waals surface area contributed by atoms with Crippen molar-refractivity contribution in [1.29, 1.82) is 16.1 Å². The smallest absolute Gasteiger partial charge is 0.237 e. The van der Waals surface area contributed by atoms with Crippen molar-refractivity contribution in [3.63, 3.8) is 0 Å². The molecular weight excluding hydrogens is 604 g/mol. The second-order valence-corrected chi connectivity index (χ2v) is 11.8. The molecule has 2 aliphatic heterocycles. The Bertz CT molecular complexity index is 1790. The fraction of sp³-hybridized carbons (Fsp3) is 0.306. The summed E-state index contributed by atoms with van der Waals surface area (Å²) in [7, 11) is 1.74. The van der Waals surface area contributed by atoms with Crippen LogP contribution in [-0.2, 0) is 9.59 Å². The molecule has 2 aromatic carbocycles. The predicted octanol–water partition coefficient (Wildman–Crippen LogP) is 3.52. The molecule has 0 aliphatic carbocycles. The van der Waals surface area contributed by atoms with E-state index in [1.165, 1.54) is 18.1 Å². The summed E-state index contributed by atoms with van der Waals surface area (Å²) in [4.78, 5) is 40.9. The van der Waals surface area contributed by atoms with Gasteiger partial charge in [0, 0.05) is 61.9 Å². The van der Waals surface area contributed by atoms with Crippen molar-refractivity contribution >= 4 is 46.6 Å². The van der Waals surface area contributed by atoms with Crippen molar-refractivity contribution in [3.8, 4) is 6.07 Å². The lowest BCUT2D eigenvalue weighted by Crippen LogP contribution is -2.42. The van der Waals surface area contributed by atoms with Crippen molar-refractivity contribution in [2.24, 2.45) is 10.9 Å². The van der Waals surface area contributed by atoms with Gasteiger partial charge in [-0.15, -0.1) is 0 Å². The number of pyridine rings is 1. The van der Waals surface area contributed by atoms with Crippen LogP contribution < -0.4 is 16.0 Å². The molecule has 1 atom stereocenters.